The van der Waals surface area contributed by atoms with E-state index in [2.05, 4.69) is 29.9 Å². The van der Waals surface area contributed by atoms with Crippen molar-refractivity contribution in [3.05, 3.63) is 0 Å². The number of terminal acetylenes is 5. The Morgan fingerprint density at radius 2 is 0.591 bits per heavy atom. The summed E-state index contributed by atoms with van der Waals surface area (Å²) in [6.45, 7) is 44.1. The van der Waals surface area contributed by atoms with Crippen LogP contribution in [0.5, 0.6) is 0 Å². The highest BCUT2D eigenvalue weighted by molar-refractivity contribution is 8.15. The predicted molar refractivity (Wildman–Crippen MR) is 588 cm³/mol. The fourth-order valence-corrected chi connectivity index (χ4v) is 23.1. The average Bonchev–Trinajstić information content (AvgIpc) is 1.60. The number of phosphoric ester groups is 3. The number of hydrogen-bond acceptors (Lipinski definition) is 42. The zero-order chi connectivity index (χ0) is 116. The molecule has 5 heterocycles. The topological polar surface area (TPSA) is 472 Å². The van der Waals surface area contributed by atoms with E-state index in [1.165, 1.54) is 47.2 Å². The Morgan fingerprint density at radius 1 is 0.369 bits per heavy atom. The largest absolute Gasteiger partial charge is 0.475 e. The van der Waals surface area contributed by atoms with Crippen molar-refractivity contribution in [1.29, 1.82) is 0 Å². The van der Waals surface area contributed by atoms with Gasteiger partial charge >= 0.3 is 23.5 Å². The van der Waals surface area contributed by atoms with Crippen LogP contribution >= 0.6 is 126 Å². The van der Waals surface area contributed by atoms with Crippen LogP contribution in [-0.4, -0.2) is 373 Å². The molecule has 0 saturated carbocycles. The van der Waals surface area contributed by atoms with Gasteiger partial charge in [-0.25, -0.2) is 40.7 Å². The molecule has 5 rings (SSSR count). The number of ether oxygens (including phenoxy) is 5. The van der Waals surface area contributed by atoms with Crippen molar-refractivity contribution in [2.75, 3.05) is 138 Å². The Kier molecular flexibility index (Phi) is 66.6. The minimum absolute atomic E-state index is 0.0623. The number of phosphoric acid groups is 3. The summed E-state index contributed by atoms with van der Waals surface area (Å²) < 4.78 is 197. The van der Waals surface area contributed by atoms with Crippen LogP contribution in [0, 0.1) is 99.6 Å². The molecule has 0 spiro atoms. The van der Waals surface area contributed by atoms with Crippen LogP contribution in [-0.2, 0) is 121 Å². The van der Waals surface area contributed by atoms with Gasteiger partial charge in [0.15, 0.2) is 57.6 Å². The van der Waals surface area contributed by atoms with E-state index < -0.39 is 217 Å². The first-order valence-electron chi connectivity index (χ1n) is 47.1. The Morgan fingerprint density at radius 3 is 0.832 bits per heavy atom. The van der Waals surface area contributed by atoms with Crippen LogP contribution in [0.4, 0.5) is 22.0 Å². The number of carbonyl (C=O) groups is 7. The Bertz CT molecular complexity index is 4400. The van der Waals surface area contributed by atoms with Crippen molar-refractivity contribution < 1.29 is 178 Å². The van der Waals surface area contributed by atoms with Crippen molar-refractivity contribution in [2.24, 2.45) is 37.9 Å². The Labute approximate surface area is 919 Å². The Balaban J connectivity index is 0.00000184. The molecule has 5 saturated heterocycles. The van der Waals surface area contributed by atoms with Gasteiger partial charge in [-0.15, -0.1) is 32.1 Å². The molecule has 5 aliphatic rings. The van der Waals surface area contributed by atoms with E-state index in [1.54, 1.807) is 155 Å². The molecule has 34 nitrogen and oxygen atoms in total. The third-order valence-electron chi connectivity index (χ3n) is 20.2. The second-order valence-corrected chi connectivity index (χ2v) is 55.4. The third-order valence-corrected chi connectivity index (χ3v) is 35.5. The molecule has 0 aromatic rings. The molecule has 0 aromatic carbocycles. The molecule has 0 amide bonds. The molecule has 0 aliphatic carbocycles. The standard InChI is InChI=1S/2C22H36BFO8PS2.C21H33BFO8PS2.C13H28NO3PS2.C8H11BFO3.C7H8BFO3/c1-9-22(24)16(25)15(32-17(22)23-8)14-31-33(28,29-10-12-34-18(26)20(2,3)4)30-11-13-35-19(27)21(5,6)7;1-9-22(24)16(15(14-25)31-17(22)23-8)32-33(28,29-10-12-34-18(26)20(2,3)4)30-11-13-35-19(27)21(5,6)7;1-8-21(23)15(24)14(31-16(21)22)13-30-32(27,28-9-11-33-17(25)19(2,3)4)29-10-12-34-18(26)20(5,6)7;1-11(2)14-18(16-7-9-19-6)17-8-10-20-12(15)13(3,4)5;1-3-8(10)6(12)5(4-11)13-7(8)9-2;1-2-7(9)5(11)4(3-10)12-6(7)8/h2*1,15-17,25H,10-14H2,2-8H3;1,14-16,24H,9-13H2,2-7H3;11,14H,7-10H2,1-6H3;1,5-7,11-12H,4H2,2H3;1,4-6,10-11H,3H2/t2*15-,16-,17-,22-;14-,15-,16-,21-;;5-,6-,7-,8-;4-,5-,6-,7-/m111.11/s1. The summed E-state index contributed by atoms with van der Waals surface area (Å²) in [6.07, 6.45) is 13.7. The fraction of sp³-hybridized carbons (Fsp3) is 0.817. The van der Waals surface area contributed by atoms with Gasteiger partial charge in [0.1, 0.15) is 76.7 Å². The molecule has 0 aromatic heterocycles. The summed E-state index contributed by atoms with van der Waals surface area (Å²) in [5.74, 6) is 12.0. The predicted octanol–water partition coefficient (Wildman–Crippen LogP) is 12.9. The van der Waals surface area contributed by atoms with E-state index in [0.29, 0.717) is 25.0 Å². The van der Waals surface area contributed by atoms with Gasteiger partial charge in [-0.1, -0.05) is 278 Å². The number of aliphatic hydroxyl groups excluding tert-OH is 7. The number of thioether (sulfide) groups is 8. The fourth-order valence-electron chi connectivity index (χ4n) is 11.4. The first-order chi connectivity index (χ1) is 68.4. The quantitative estimate of drug-likeness (QED) is 0.00922. The number of alkyl halides is 5. The summed E-state index contributed by atoms with van der Waals surface area (Å²) in [5, 5.41) is 69.1. The van der Waals surface area contributed by atoms with Crippen molar-refractivity contribution >= 4 is 199 Å². The number of nitrogens with one attached hydrogen (secondary N) is 1. The van der Waals surface area contributed by atoms with Crippen LogP contribution in [0.15, 0.2) is 0 Å². The number of hydrogen-bond donors (Lipinski definition) is 8. The van der Waals surface area contributed by atoms with Gasteiger partial charge < -0.3 is 68.5 Å². The maximum atomic E-state index is 15.6. The minimum Gasteiger partial charge on any atom is -0.394 e. The van der Waals surface area contributed by atoms with E-state index in [-0.39, 0.29) is 115 Å². The van der Waals surface area contributed by atoms with Gasteiger partial charge in [-0.05, 0) is 20.1 Å². The lowest BCUT2D eigenvalue weighted by atomic mass is 9.67. The number of carbonyl (C=O) groups excluding carboxylic acids is 7. The van der Waals surface area contributed by atoms with Crippen LogP contribution in [0.2, 0.25) is 20.5 Å². The number of halogens is 5. The summed E-state index contributed by atoms with van der Waals surface area (Å²) in [5.41, 5.74) is -15.9. The van der Waals surface area contributed by atoms with E-state index in [0.717, 1.165) is 76.3 Å². The van der Waals surface area contributed by atoms with Crippen LogP contribution in [0.25, 0.3) is 0 Å². The maximum Gasteiger partial charge on any atom is 0.475 e. The lowest BCUT2D eigenvalue weighted by Crippen LogP contribution is -2.46. The second-order valence-electron chi connectivity index (χ2n) is 40.7. The van der Waals surface area contributed by atoms with E-state index in [4.69, 9.17) is 127 Å². The van der Waals surface area contributed by atoms with Gasteiger partial charge in [-0.3, -0.25) is 74.3 Å². The number of aliphatic hydroxyl groups is 7. The summed E-state index contributed by atoms with van der Waals surface area (Å²) >= 11 is 9.13. The molecule has 1 unspecified atom stereocenters. The maximum absolute atomic E-state index is 15.6. The van der Waals surface area contributed by atoms with Gasteiger partial charge in [0.2, 0.25) is 28.3 Å². The Hall–Kier alpha value is -1.58. The molecule has 8 N–H and O–H groups in total. The minimum atomic E-state index is -4.44. The highest BCUT2D eigenvalue weighted by Crippen LogP contribution is 2.56. The van der Waals surface area contributed by atoms with Crippen molar-refractivity contribution in [1.82, 2.24) is 5.09 Å². The second kappa shape index (κ2) is 67.4. The molecule has 21 atom stereocenters. The van der Waals surface area contributed by atoms with Crippen LogP contribution < -0.4 is 5.09 Å². The molecule has 56 heteroatoms. The molecule has 149 heavy (non-hydrogen) atoms. The lowest BCUT2D eigenvalue weighted by Gasteiger charge is -2.29. The lowest BCUT2D eigenvalue weighted by molar-refractivity contribution is -0.118. The zero-order valence-electron chi connectivity index (χ0n) is 90.0. The molecule has 5 fully saturated rings. The number of rotatable bonds is 48. The summed E-state index contributed by atoms with van der Waals surface area (Å²) in [6, 6.07) is -5.99. The molecular weight excluding hydrogens is 2190 g/mol. The summed E-state index contributed by atoms with van der Waals surface area (Å²) in [4.78, 5) is 84.2. The highest BCUT2D eigenvalue weighted by atomic mass is 32.2. The van der Waals surface area contributed by atoms with Crippen molar-refractivity contribution in [3.8, 4) is 61.7 Å². The SMILES string of the molecule is C#C[C@]1(F)[C@H]([B]C)O[C@H](CO)[C@H]1O.C#C[C@]1(F)[C@H]([B]C)O[C@H](CO)[C@H]1OP(=O)(OCCSC(=O)C(C)(C)C)OCCSC(=O)C(C)(C)C.C#C[C@]1(F)[C@H]([B]C)O[C@H](COP(=O)(OCCSC(=O)C(C)(C)C)OCCSC(=O)C(C)(C)C)[C@H]1O.CSCCOP(NC(C)C)OCCSC(=O)C(C)(C)C.[B][C@@H]1O[C@H](CO)[C@@H](O)[C@]1(F)C#C.[B][C@@H]1O[C@H](COP(=O)(OCCSC(=O)C(C)(C)C)OCCSC(=O)C(C)(C)C)[C@@H](O)[C@]1(F)C#C. The third kappa shape index (κ3) is 49.5. The van der Waals surface area contributed by atoms with Gasteiger partial charge in [0, 0.05) is 90.0 Å². The van der Waals surface area contributed by atoms with Crippen LogP contribution in [0.1, 0.15) is 159 Å². The molecule has 845 valence electrons. The highest BCUT2D eigenvalue weighted by Gasteiger charge is 2.61. The molecule has 0 bridgehead atoms. The smallest absolute Gasteiger partial charge is 0.394 e. The van der Waals surface area contributed by atoms with E-state index in [9.17, 15) is 90.4 Å². The van der Waals surface area contributed by atoms with Gasteiger partial charge in [0.25, 0.3) is 8.53 Å². The zero-order valence-corrected chi connectivity index (χ0v) is 100. The van der Waals surface area contributed by atoms with Crippen molar-refractivity contribution in [3.63, 3.8) is 0 Å². The average molecular weight is 2340 g/mol. The molecule has 5 aliphatic heterocycles. The van der Waals surface area contributed by atoms with Gasteiger partial charge in [0.05, 0.1) is 116 Å². The monoisotopic (exact) mass is 2340 g/mol. The molecule has 7 radical (unpaired) electrons. The first kappa shape index (κ1) is 147. The molecular formula is C93H152B5F5NO33P4S8. The summed E-state index contributed by atoms with van der Waals surface area (Å²) in [7, 11) is 0.938. The van der Waals surface area contributed by atoms with Crippen molar-refractivity contribution in [2.45, 2.75) is 305 Å². The van der Waals surface area contributed by atoms with Crippen LogP contribution in [0.3, 0.4) is 0 Å². The normalized spacial score (nSPS) is 27.3. The first-order valence-corrected chi connectivity index (χ1v) is 61.0. The van der Waals surface area contributed by atoms with E-state index in [1.807, 2.05) is 38.5 Å². The van der Waals surface area contributed by atoms with E-state index >= 15 is 4.39 Å². The van der Waals surface area contributed by atoms with Gasteiger partial charge in [-0.2, -0.15) is 11.8 Å².